The van der Waals surface area contributed by atoms with Gasteiger partial charge >= 0.3 is 6.18 Å². The third-order valence-electron chi connectivity index (χ3n) is 3.85. The molecule has 0 aromatic heterocycles. The van der Waals surface area contributed by atoms with Crippen molar-refractivity contribution in [2.24, 2.45) is 5.92 Å². The molecule has 1 aromatic carbocycles. The van der Waals surface area contributed by atoms with Crippen LogP contribution in [0.5, 0.6) is 0 Å². The zero-order chi connectivity index (χ0) is 16.9. The number of carbonyl (C=O) groups is 1. The maximum absolute atomic E-state index is 12.4. The summed E-state index contributed by atoms with van der Waals surface area (Å²) in [7, 11) is 0. The van der Waals surface area contributed by atoms with E-state index in [1.165, 1.54) is 0 Å². The Kier molecular flexibility index (Phi) is 6.35. The van der Waals surface area contributed by atoms with Gasteiger partial charge in [-0.2, -0.15) is 24.9 Å². The van der Waals surface area contributed by atoms with Crippen LogP contribution >= 0.6 is 11.8 Å². The van der Waals surface area contributed by atoms with Gasteiger partial charge in [-0.15, -0.1) is 0 Å². The molecular weight excluding hydrogens is 325 g/mol. The van der Waals surface area contributed by atoms with Crippen molar-refractivity contribution in [2.75, 3.05) is 31.1 Å². The molecule has 0 saturated carbocycles. The zero-order valence-corrected chi connectivity index (χ0v) is 13.8. The molecule has 1 atom stereocenters. The number of nitrogens with zero attached hydrogens (tertiary/aromatic N) is 1. The number of benzene rings is 1. The average molecular weight is 346 g/mol. The molecule has 1 heterocycles. The number of hydrogen-bond donors (Lipinski definition) is 1. The van der Waals surface area contributed by atoms with E-state index in [9.17, 15) is 18.0 Å². The molecule has 2 rings (SSSR count). The highest BCUT2D eigenvalue weighted by Crippen LogP contribution is 2.24. The van der Waals surface area contributed by atoms with Crippen LogP contribution in [0, 0.1) is 5.92 Å². The Labute approximate surface area is 138 Å². The number of amides is 1. The van der Waals surface area contributed by atoms with E-state index >= 15 is 0 Å². The second-order valence-electron chi connectivity index (χ2n) is 5.74. The van der Waals surface area contributed by atoms with Crippen molar-refractivity contribution in [3.63, 3.8) is 0 Å². The Balaban J connectivity index is 1.84. The summed E-state index contributed by atoms with van der Waals surface area (Å²) >= 11 is 1.95. The van der Waals surface area contributed by atoms with E-state index in [-0.39, 0.29) is 0 Å². The monoisotopic (exact) mass is 346 g/mol. The van der Waals surface area contributed by atoms with Crippen LogP contribution in [0.1, 0.15) is 22.8 Å². The number of hydrogen-bond acceptors (Lipinski definition) is 3. The molecule has 0 bridgehead atoms. The van der Waals surface area contributed by atoms with Gasteiger partial charge in [-0.25, -0.2) is 0 Å². The fourth-order valence-corrected chi connectivity index (χ4v) is 3.22. The normalized spacial score (nSPS) is 17.7. The van der Waals surface area contributed by atoms with Crippen LogP contribution in [0.3, 0.4) is 0 Å². The summed E-state index contributed by atoms with van der Waals surface area (Å²) in [6, 6.07) is 7.07. The third-order valence-corrected chi connectivity index (χ3v) is 4.80. The smallest absolute Gasteiger partial charge is 0.351 e. The number of nitrogens with one attached hydrogen (secondary N) is 1. The average Bonchev–Trinajstić information content (AvgIpc) is 2.53. The molecule has 7 heteroatoms. The van der Waals surface area contributed by atoms with Crippen LogP contribution in [0.15, 0.2) is 24.3 Å². The Hall–Kier alpha value is -1.21. The lowest BCUT2D eigenvalue weighted by Gasteiger charge is -2.26. The molecule has 1 N–H and O–H groups in total. The third kappa shape index (κ3) is 5.73. The number of halogens is 3. The maximum Gasteiger partial charge on any atom is 0.393 e. The standard InChI is InChI=1S/C16H21F3N2OS/c1-12(16(17,18)19)10-20-15(22)14-4-2-13(3-5-14)11-21-6-8-23-9-7-21/h2-5,12H,6-11H2,1H3,(H,20,22). The fraction of sp³-hybridized carbons (Fsp3) is 0.562. The maximum atomic E-state index is 12.4. The molecule has 1 aliphatic rings. The zero-order valence-electron chi connectivity index (χ0n) is 13.0. The van der Waals surface area contributed by atoms with Crippen molar-refractivity contribution in [3.8, 4) is 0 Å². The fourth-order valence-electron chi connectivity index (χ4n) is 2.24. The molecule has 0 spiro atoms. The summed E-state index contributed by atoms with van der Waals surface area (Å²) < 4.78 is 37.3. The topological polar surface area (TPSA) is 32.3 Å². The van der Waals surface area contributed by atoms with Crippen molar-refractivity contribution in [1.82, 2.24) is 10.2 Å². The van der Waals surface area contributed by atoms with Crippen LogP contribution in [0.4, 0.5) is 13.2 Å². The van der Waals surface area contributed by atoms with E-state index in [2.05, 4.69) is 10.2 Å². The van der Waals surface area contributed by atoms with E-state index in [4.69, 9.17) is 0 Å². The highest BCUT2D eigenvalue weighted by atomic mass is 32.2. The molecule has 0 aliphatic carbocycles. The van der Waals surface area contributed by atoms with Gasteiger partial charge in [0.15, 0.2) is 0 Å². The van der Waals surface area contributed by atoms with Gasteiger partial charge in [0.25, 0.3) is 5.91 Å². The molecule has 1 aromatic rings. The highest BCUT2D eigenvalue weighted by Gasteiger charge is 2.35. The number of alkyl halides is 3. The number of thioether (sulfide) groups is 1. The Morgan fingerprint density at radius 2 is 1.87 bits per heavy atom. The van der Waals surface area contributed by atoms with Gasteiger partial charge in [0.2, 0.25) is 0 Å². The molecule has 3 nitrogen and oxygen atoms in total. The van der Waals surface area contributed by atoms with Crippen molar-refractivity contribution in [2.45, 2.75) is 19.6 Å². The summed E-state index contributed by atoms with van der Waals surface area (Å²) in [5, 5.41) is 2.33. The van der Waals surface area contributed by atoms with E-state index in [0.717, 1.165) is 43.6 Å². The van der Waals surface area contributed by atoms with Crippen LogP contribution in [0.2, 0.25) is 0 Å². The molecule has 1 fully saturated rings. The van der Waals surface area contributed by atoms with Gasteiger partial charge in [0.05, 0.1) is 5.92 Å². The Bertz CT molecular complexity index is 513. The number of rotatable bonds is 5. The van der Waals surface area contributed by atoms with Crippen LogP contribution in [0.25, 0.3) is 0 Å². The summed E-state index contributed by atoms with van der Waals surface area (Å²) in [4.78, 5) is 14.2. The van der Waals surface area contributed by atoms with Crippen molar-refractivity contribution < 1.29 is 18.0 Å². The van der Waals surface area contributed by atoms with Crippen LogP contribution < -0.4 is 5.32 Å². The minimum absolute atomic E-state index is 0.386. The molecule has 0 radical (unpaired) electrons. The van der Waals surface area contributed by atoms with E-state index in [1.54, 1.807) is 12.1 Å². The first kappa shape index (κ1) is 18.1. The summed E-state index contributed by atoms with van der Waals surface area (Å²) in [5.41, 5.74) is 1.49. The van der Waals surface area contributed by atoms with Gasteiger partial charge in [-0.3, -0.25) is 9.69 Å². The highest BCUT2D eigenvalue weighted by molar-refractivity contribution is 7.99. The second kappa shape index (κ2) is 8.06. The predicted molar refractivity (Wildman–Crippen MR) is 86.6 cm³/mol. The largest absolute Gasteiger partial charge is 0.393 e. The summed E-state index contributed by atoms with van der Waals surface area (Å²) in [6.45, 7) is 3.61. The Morgan fingerprint density at radius 3 is 2.43 bits per heavy atom. The van der Waals surface area contributed by atoms with E-state index in [1.807, 2.05) is 23.9 Å². The molecule has 23 heavy (non-hydrogen) atoms. The first-order valence-electron chi connectivity index (χ1n) is 7.60. The first-order chi connectivity index (χ1) is 10.9. The molecule has 1 amide bonds. The van der Waals surface area contributed by atoms with Crippen molar-refractivity contribution in [3.05, 3.63) is 35.4 Å². The van der Waals surface area contributed by atoms with E-state index < -0.39 is 24.5 Å². The summed E-state index contributed by atoms with van der Waals surface area (Å²) in [5.74, 6) is 0.250. The van der Waals surface area contributed by atoms with Crippen LogP contribution in [-0.2, 0) is 6.54 Å². The lowest BCUT2D eigenvalue weighted by Crippen LogP contribution is -2.34. The minimum Gasteiger partial charge on any atom is -0.351 e. The molecule has 1 unspecified atom stereocenters. The van der Waals surface area contributed by atoms with Gasteiger partial charge in [-0.1, -0.05) is 19.1 Å². The van der Waals surface area contributed by atoms with Gasteiger partial charge < -0.3 is 5.32 Å². The Morgan fingerprint density at radius 1 is 1.26 bits per heavy atom. The lowest BCUT2D eigenvalue weighted by atomic mass is 10.1. The lowest BCUT2D eigenvalue weighted by molar-refractivity contribution is -0.167. The summed E-state index contributed by atoms with van der Waals surface area (Å²) in [6.07, 6.45) is -4.29. The number of carbonyl (C=O) groups excluding carboxylic acids is 1. The van der Waals surface area contributed by atoms with E-state index in [0.29, 0.717) is 5.56 Å². The SMILES string of the molecule is CC(CNC(=O)c1ccc(CN2CCSCC2)cc1)C(F)(F)F. The molecular formula is C16H21F3N2OS. The van der Waals surface area contributed by atoms with Crippen LogP contribution in [-0.4, -0.2) is 48.1 Å². The second-order valence-corrected chi connectivity index (χ2v) is 6.96. The molecule has 1 saturated heterocycles. The van der Waals surface area contributed by atoms with Crippen molar-refractivity contribution >= 4 is 17.7 Å². The quantitative estimate of drug-likeness (QED) is 0.889. The van der Waals surface area contributed by atoms with Gasteiger partial charge in [-0.05, 0) is 17.7 Å². The predicted octanol–water partition coefficient (Wildman–Crippen LogP) is 3.16. The molecule has 128 valence electrons. The minimum atomic E-state index is -4.29. The van der Waals surface area contributed by atoms with Gasteiger partial charge in [0, 0.05) is 43.2 Å². The van der Waals surface area contributed by atoms with Crippen molar-refractivity contribution in [1.29, 1.82) is 0 Å². The molecule has 1 aliphatic heterocycles. The first-order valence-corrected chi connectivity index (χ1v) is 8.75. The van der Waals surface area contributed by atoms with Gasteiger partial charge in [0.1, 0.15) is 0 Å².